The molecule has 2 unspecified atom stereocenters. The number of hydrogen-bond acceptors (Lipinski definition) is 1. The summed E-state index contributed by atoms with van der Waals surface area (Å²) < 4.78 is 2.05. The molecule has 0 amide bonds. The van der Waals surface area contributed by atoms with E-state index < -0.39 is 0 Å². The van der Waals surface area contributed by atoms with E-state index in [9.17, 15) is 0 Å². The van der Waals surface area contributed by atoms with Crippen LogP contribution in [0.4, 0.5) is 0 Å². The van der Waals surface area contributed by atoms with E-state index in [1.54, 1.807) is 0 Å². The van der Waals surface area contributed by atoms with Crippen molar-refractivity contribution >= 4 is 0 Å². The lowest BCUT2D eigenvalue weighted by Gasteiger charge is -2.34. The first-order valence-corrected chi connectivity index (χ1v) is 23.7. The fourth-order valence-electron chi connectivity index (χ4n) is 7.93. The van der Waals surface area contributed by atoms with Gasteiger partial charge in [-0.15, -0.1) is 0 Å². The Morgan fingerprint density at radius 2 is 0.690 bits per heavy atom. The van der Waals surface area contributed by atoms with Crippen LogP contribution in [0.3, 0.4) is 0 Å². The largest absolute Gasteiger partial charge is 1.00 e. The molecule has 2 atom stereocenters. The molecule has 0 aliphatic heterocycles. The minimum Gasteiger partial charge on any atom is -1.00 e. The lowest BCUT2D eigenvalue weighted by Crippen LogP contribution is -3.00. The molecule has 0 aliphatic carbocycles. The quantitative estimate of drug-likeness (QED) is 0.0502. The number of hydrogen-bond donors (Lipinski definition) is 0. The number of halogens is 2. The van der Waals surface area contributed by atoms with Gasteiger partial charge in [-0.05, 0) is 37.8 Å². The van der Waals surface area contributed by atoms with Crippen molar-refractivity contribution in [3.8, 4) is 0 Å². The molecule has 3 aromatic rings. The normalized spacial score (nSPS) is 12.2. The smallest absolute Gasteiger partial charge is 0.114 e. The van der Waals surface area contributed by atoms with E-state index in [0.29, 0.717) is 12.1 Å². The van der Waals surface area contributed by atoms with Crippen molar-refractivity contribution in [1.29, 1.82) is 0 Å². The zero-order valence-electron chi connectivity index (χ0n) is 39.5. The van der Waals surface area contributed by atoms with Crippen LogP contribution in [0.5, 0.6) is 0 Å². The maximum atomic E-state index is 4.35. The van der Waals surface area contributed by atoms with E-state index in [4.69, 9.17) is 0 Å². The number of benzene rings is 2. The average molecular weight is 843 g/mol. The first-order valence-electron chi connectivity index (χ1n) is 23.7. The van der Waals surface area contributed by atoms with Crippen molar-refractivity contribution < 1.29 is 33.8 Å². The van der Waals surface area contributed by atoms with Crippen LogP contribution in [0.1, 0.15) is 204 Å². The molecule has 0 fully saturated rings. The molecule has 334 valence electrons. The zero-order valence-corrected chi connectivity index (χ0v) is 41.0. The molecule has 0 radical (unpaired) electrons. The van der Waals surface area contributed by atoms with Gasteiger partial charge in [0.1, 0.15) is 12.1 Å². The second kappa shape index (κ2) is 38.0. The van der Waals surface area contributed by atoms with Gasteiger partial charge in [0.25, 0.3) is 0 Å². The summed E-state index contributed by atoms with van der Waals surface area (Å²) in [6, 6.07) is 29.5. The molecule has 0 aliphatic rings. The molecule has 0 saturated carbocycles. The summed E-state index contributed by atoms with van der Waals surface area (Å²) in [5.74, 6) is 0. The predicted molar refractivity (Wildman–Crippen MR) is 250 cm³/mol. The fraction of sp³-hybridized carbons (Fsp3) is 0.679. The summed E-state index contributed by atoms with van der Waals surface area (Å²) >= 11 is 0. The molecule has 58 heavy (non-hydrogen) atoms. The first kappa shape index (κ1) is 58.2. The Bertz CT molecular complexity index is 1170. The number of aromatic nitrogens is 1. The minimum atomic E-state index is 0. The van der Waals surface area contributed by atoms with Crippen molar-refractivity contribution in [2.75, 3.05) is 42.3 Å². The van der Waals surface area contributed by atoms with Crippen molar-refractivity contribution in [1.82, 2.24) is 4.98 Å². The SMILES string of the molecule is CCCCCCCCC(c1ccccc1)[N+](C)(C)C.CCCCCCCCC(c1ccccc1)[N+](C)(C)C.CCCCCCCCCCCCc1ccccn1.[Cl-].[Cl-]. The molecule has 0 saturated heterocycles. The molecule has 1 aromatic heterocycles. The van der Waals surface area contributed by atoms with E-state index in [-0.39, 0.29) is 24.8 Å². The Morgan fingerprint density at radius 1 is 0.379 bits per heavy atom. The van der Waals surface area contributed by atoms with E-state index in [0.717, 1.165) is 15.4 Å². The van der Waals surface area contributed by atoms with Crippen LogP contribution in [0.2, 0.25) is 0 Å². The second-order valence-corrected chi connectivity index (χ2v) is 18.5. The average Bonchev–Trinajstić information content (AvgIpc) is 3.18. The lowest BCUT2D eigenvalue weighted by atomic mass is 9.97. The van der Waals surface area contributed by atoms with E-state index in [1.807, 2.05) is 12.3 Å². The molecule has 5 heteroatoms. The molecule has 2 aromatic carbocycles. The summed E-state index contributed by atoms with van der Waals surface area (Å²) in [6.07, 6.45) is 36.3. The van der Waals surface area contributed by atoms with Crippen molar-refractivity contribution in [2.45, 2.75) is 193 Å². The Hall–Kier alpha value is -1.91. The van der Waals surface area contributed by atoms with Crippen LogP contribution in [0, 0.1) is 0 Å². The molecular formula is C53H93Cl2N3. The van der Waals surface area contributed by atoms with Gasteiger partial charge < -0.3 is 33.8 Å². The summed E-state index contributed by atoms with van der Waals surface area (Å²) in [5.41, 5.74) is 4.23. The van der Waals surface area contributed by atoms with Crippen LogP contribution < -0.4 is 24.8 Å². The van der Waals surface area contributed by atoms with Gasteiger partial charge in [0.15, 0.2) is 0 Å². The van der Waals surface area contributed by atoms with Crippen LogP contribution >= 0.6 is 0 Å². The van der Waals surface area contributed by atoms with Gasteiger partial charge in [-0.3, -0.25) is 4.98 Å². The summed E-state index contributed by atoms with van der Waals surface area (Å²) in [5, 5.41) is 0. The van der Waals surface area contributed by atoms with Crippen LogP contribution in [0.15, 0.2) is 85.1 Å². The van der Waals surface area contributed by atoms with E-state index in [2.05, 4.69) is 141 Å². The number of nitrogens with zero attached hydrogens (tertiary/aromatic N) is 3. The highest BCUT2D eigenvalue weighted by Crippen LogP contribution is 2.30. The van der Waals surface area contributed by atoms with Gasteiger partial charge in [0, 0.05) is 35.9 Å². The maximum absolute atomic E-state index is 4.35. The van der Waals surface area contributed by atoms with Crippen molar-refractivity contribution in [3.05, 3.63) is 102 Å². The molecular weight excluding hydrogens is 750 g/mol. The second-order valence-electron chi connectivity index (χ2n) is 18.5. The highest BCUT2D eigenvalue weighted by Gasteiger charge is 2.25. The van der Waals surface area contributed by atoms with Crippen LogP contribution in [0.25, 0.3) is 0 Å². The molecule has 1 heterocycles. The van der Waals surface area contributed by atoms with Gasteiger partial charge in [0.05, 0.1) is 42.3 Å². The van der Waals surface area contributed by atoms with Gasteiger partial charge in [0.2, 0.25) is 0 Å². The molecule has 0 N–H and O–H groups in total. The third-order valence-corrected chi connectivity index (χ3v) is 11.4. The topological polar surface area (TPSA) is 12.9 Å². The van der Waals surface area contributed by atoms with Gasteiger partial charge in [-0.2, -0.15) is 0 Å². The minimum absolute atomic E-state index is 0. The highest BCUT2D eigenvalue weighted by atomic mass is 35.5. The van der Waals surface area contributed by atoms with Crippen molar-refractivity contribution in [3.63, 3.8) is 0 Å². The highest BCUT2D eigenvalue weighted by molar-refractivity contribution is 5.18. The number of aryl methyl sites for hydroxylation is 1. The summed E-state index contributed by atoms with van der Waals surface area (Å²) in [7, 11) is 13.9. The summed E-state index contributed by atoms with van der Waals surface area (Å²) in [4.78, 5) is 4.35. The Kier molecular flexibility index (Phi) is 38.2. The molecule has 0 bridgehead atoms. The zero-order chi connectivity index (χ0) is 41.2. The Labute approximate surface area is 374 Å². The van der Waals surface area contributed by atoms with Crippen molar-refractivity contribution in [2.24, 2.45) is 0 Å². The predicted octanol–water partition coefficient (Wildman–Crippen LogP) is 9.92. The van der Waals surface area contributed by atoms with E-state index in [1.165, 1.54) is 171 Å². The third-order valence-electron chi connectivity index (χ3n) is 11.4. The molecule has 0 spiro atoms. The van der Waals surface area contributed by atoms with Crippen LogP contribution in [-0.2, 0) is 6.42 Å². The Balaban J connectivity index is 0. The Morgan fingerprint density at radius 3 is 1.00 bits per heavy atom. The van der Waals surface area contributed by atoms with Crippen LogP contribution in [-0.4, -0.2) is 56.2 Å². The van der Waals surface area contributed by atoms with E-state index >= 15 is 0 Å². The molecule has 3 rings (SSSR count). The van der Waals surface area contributed by atoms with Gasteiger partial charge in [-0.25, -0.2) is 0 Å². The van der Waals surface area contributed by atoms with Gasteiger partial charge >= 0.3 is 0 Å². The standard InChI is InChI=1S/2C18H32N.C17H29N.2ClH/c2*1-5-6-7-8-9-13-16-18(19(2,3)4)17-14-11-10-12-15-17;1-2-3-4-5-6-7-8-9-10-11-14-17-15-12-13-16-18-17;;/h2*10-12,14-15,18H,5-9,13,16H2,1-4H3;12-13,15-16H,2-11,14H2,1H3;2*1H/q2*+1;;;/p-2. The number of pyridine rings is 1. The number of rotatable bonds is 29. The lowest BCUT2D eigenvalue weighted by molar-refractivity contribution is -0.902. The fourth-order valence-corrected chi connectivity index (χ4v) is 7.93. The number of quaternary nitrogens is 2. The summed E-state index contributed by atoms with van der Waals surface area (Å²) in [6.45, 7) is 6.84. The van der Waals surface area contributed by atoms with Gasteiger partial charge in [-0.1, -0.05) is 209 Å². The molecule has 3 nitrogen and oxygen atoms in total. The number of unbranched alkanes of at least 4 members (excludes halogenated alkanes) is 19. The first-order chi connectivity index (χ1) is 27.0. The third kappa shape index (κ3) is 31.0. The monoisotopic (exact) mass is 842 g/mol. The maximum Gasteiger partial charge on any atom is 0.114 e.